The lowest BCUT2D eigenvalue weighted by Crippen LogP contribution is -2.26. The summed E-state index contributed by atoms with van der Waals surface area (Å²) in [7, 11) is 0. The third-order valence-electron chi connectivity index (χ3n) is 3.32. The van der Waals surface area contributed by atoms with Crippen molar-refractivity contribution in [2.75, 3.05) is 19.6 Å². The molecule has 2 N–H and O–H groups in total. The van der Waals surface area contributed by atoms with E-state index in [0.29, 0.717) is 12.1 Å². The van der Waals surface area contributed by atoms with E-state index in [1.165, 1.54) is 5.57 Å². The summed E-state index contributed by atoms with van der Waals surface area (Å²) in [6.45, 7) is 4.71. The highest BCUT2D eigenvalue weighted by molar-refractivity contribution is 9.10. The summed E-state index contributed by atoms with van der Waals surface area (Å²) in [5.41, 5.74) is 3.28. The number of halogens is 1. The molecule has 0 fully saturated rings. The minimum Gasteiger partial charge on any atom is -0.352 e. The van der Waals surface area contributed by atoms with Gasteiger partial charge in [-0.05, 0) is 44.0 Å². The Morgan fingerprint density at radius 3 is 3.00 bits per heavy atom. The SMILES string of the molecule is Cc1ccc(C(=O)NCCC2=CCNCC2)cc1Br. The molecule has 2 rings (SSSR count). The van der Waals surface area contributed by atoms with Crippen LogP contribution in [-0.2, 0) is 0 Å². The number of amides is 1. The normalized spacial score (nSPS) is 14.9. The zero-order valence-electron chi connectivity index (χ0n) is 11.1. The predicted octanol–water partition coefficient (Wildman–Crippen LogP) is 2.80. The average Bonchev–Trinajstić information content (AvgIpc) is 2.43. The topological polar surface area (TPSA) is 41.1 Å². The number of hydrogen-bond acceptors (Lipinski definition) is 2. The fourth-order valence-corrected chi connectivity index (χ4v) is 2.45. The van der Waals surface area contributed by atoms with Crippen molar-refractivity contribution in [2.45, 2.75) is 19.8 Å². The van der Waals surface area contributed by atoms with Crippen LogP contribution in [0.3, 0.4) is 0 Å². The molecule has 1 aliphatic rings. The molecule has 0 saturated heterocycles. The fraction of sp³-hybridized carbons (Fsp3) is 0.400. The third-order valence-corrected chi connectivity index (χ3v) is 4.18. The van der Waals surface area contributed by atoms with Gasteiger partial charge in [-0.2, -0.15) is 0 Å². The van der Waals surface area contributed by atoms with Crippen molar-refractivity contribution in [1.29, 1.82) is 0 Å². The lowest BCUT2D eigenvalue weighted by atomic mass is 10.1. The van der Waals surface area contributed by atoms with Crippen LogP contribution >= 0.6 is 15.9 Å². The van der Waals surface area contributed by atoms with Crippen LogP contribution < -0.4 is 10.6 Å². The zero-order valence-corrected chi connectivity index (χ0v) is 12.7. The number of rotatable bonds is 4. The van der Waals surface area contributed by atoms with Crippen molar-refractivity contribution in [3.8, 4) is 0 Å². The Morgan fingerprint density at radius 2 is 2.32 bits per heavy atom. The summed E-state index contributed by atoms with van der Waals surface area (Å²) in [4.78, 5) is 12.0. The Balaban J connectivity index is 1.83. The Kier molecular flexibility index (Phi) is 5.16. The van der Waals surface area contributed by atoms with Crippen LogP contribution in [0.1, 0.15) is 28.8 Å². The minimum absolute atomic E-state index is 0.00441. The first-order chi connectivity index (χ1) is 9.16. The monoisotopic (exact) mass is 322 g/mol. The molecule has 19 heavy (non-hydrogen) atoms. The van der Waals surface area contributed by atoms with Gasteiger partial charge in [0.15, 0.2) is 0 Å². The molecule has 0 radical (unpaired) electrons. The highest BCUT2D eigenvalue weighted by Gasteiger charge is 2.08. The van der Waals surface area contributed by atoms with Crippen molar-refractivity contribution in [3.05, 3.63) is 45.4 Å². The van der Waals surface area contributed by atoms with E-state index in [1.807, 2.05) is 25.1 Å². The summed E-state index contributed by atoms with van der Waals surface area (Å²) < 4.78 is 0.973. The molecule has 4 heteroatoms. The van der Waals surface area contributed by atoms with Gasteiger partial charge in [-0.15, -0.1) is 0 Å². The van der Waals surface area contributed by atoms with E-state index in [4.69, 9.17) is 0 Å². The summed E-state index contributed by atoms with van der Waals surface area (Å²) in [6.07, 6.45) is 4.25. The van der Waals surface area contributed by atoms with Crippen molar-refractivity contribution in [2.24, 2.45) is 0 Å². The highest BCUT2D eigenvalue weighted by Crippen LogP contribution is 2.17. The second kappa shape index (κ2) is 6.87. The van der Waals surface area contributed by atoms with E-state index < -0.39 is 0 Å². The maximum absolute atomic E-state index is 12.0. The number of aryl methyl sites for hydroxylation is 1. The first-order valence-corrected chi connectivity index (χ1v) is 7.39. The molecule has 102 valence electrons. The number of hydrogen-bond donors (Lipinski definition) is 2. The largest absolute Gasteiger partial charge is 0.352 e. The Morgan fingerprint density at radius 1 is 1.47 bits per heavy atom. The molecule has 1 aromatic rings. The first kappa shape index (κ1) is 14.3. The number of carbonyl (C=O) groups excluding carboxylic acids is 1. The van der Waals surface area contributed by atoms with Crippen molar-refractivity contribution in [3.63, 3.8) is 0 Å². The predicted molar refractivity (Wildman–Crippen MR) is 81.4 cm³/mol. The molecule has 0 aromatic heterocycles. The second-order valence-electron chi connectivity index (χ2n) is 4.79. The number of benzene rings is 1. The van der Waals surface area contributed by atoms with Crippen molar-refractivity contribution >= 4 is 21.8 Å². The van der Waals surface area contributed by atoms with Crippen molar-refractivity contribution < 1.29 is 4.79 Å². The molecule has 0 unspecified atom stereocenters. The van der Waals surface area contributed by atoms with Gasteiger partial charge >= 0.3 is 0 Å². The Bertz CT molecular complexity index is 497. The van der Waals surface area contributed by atoms with Gasteiger partial charge < -0.3 is 10.6 Å². The molecule has 1 aliphatic heterocycles. The lowest BCUT2D eigenvalue weighted by Gasteiger charge is -2.14. The van der Waals surface area contributed by atoms with Crippen LogP contribution in [0.15, 0.2) is 34.3 Å². The molecule has 3 nitrogen and oxygen atoms in total. The molecule has 0 bridgehead atoms. The van der Waals surface area contributed by atoms with Gasteiger partial charge in [-0.25, -0.2) is 0 Å². The van der Waals surface area contributed by atoms with E-state index in [9.17, 15) is 4.79 Å². The number of carbonyl (C=O) groups is 1. The van der Waals surface area contributed by atoms with Gasteiger partial charge in [-0.3, -0.25) is 4.79 Å². The fourth-order valence-electron chi connectivity index (χ4n) is 2.07. The Labute approximate surface area is 122 Å². The molecule has 1 heterocycles. The van der Waals surface area contributed by atoms with Crippen LogP contribution in [0.25, 0.3) is 0 Å². The maximum Gasteiger partial charge on any atom is 0.251 e. The van der Waals surface area contributed by atoms with Gasteiger partial charge in [0.05, 0.1) is 0 Å². The van der Waals surface area contributed by atoms with Gasteiger partial charge in [0.1, 0.15) is 0 Å². The smallest absolute Gasteiger partial charge is 0.251 e. The zero-order chi connectivity index (χ0) is 13.7. The number of nitrogens with one attached hydrogen (secondary N) is 2. The van der Waals surface area contributed by atoms with Crippen LogP contribution in [0.2, 0.25) is 0 Å². The van der Waals surface area contributed by atoms with Crippen LogP contribution in [0.5, 0.6) is 0 Å². The Hall–Kier alpha value is -1.13. The highest BCUT2D eigenvalue weighted by atomic mass is 79.9. The van der Waals surface area contributed by atoms with Gasteiger partial charge in [0.2, 0.25) is 0 Å². The van der Waals surface area contributed by atoms with E-state index in [1.54, 1.807) is 0 Å². The quantitative estimate of drug-likeness (QED) is 0.837. The van der Waals surface area contributed by atoms with Gasteiger partial charge in [-0.1, -0.05) is 33.6 Å². The van der Waals surface area contributed by atoms with E-state index in [0.717, 1.165) is 36.0 Å². The summed E-state index contributed by atoms with van der Waals surface area (Å²) >= 11 is 3.45. The molecule has 0 spiro atoms. The molecule has 0 aliphatic carbocycles. The lowest BCUT2D eigenvalue weighted by molar-refractivity contribution is 0.0954. The molecular formula is C15H19BrN2O. The molecule has 1 aromatic carbocycles. The minimum atomic E-state index is -0.00441. The summed E-state index contributed by atoms with van der Waals surface area (Å²) in [5, 5.41) is 6.25. The standard InChI is InChI=1S/C15H19BrN2O/c1-11-2-3-13(10-14(11)16)15(19)18-9-6-12-4-7-17-8-5-12/h2-4,10,17H,5-9H2,1H3,(H,18,19). The van der Waals surface area contributed by atoms with E-state index in [2.05, 4.69) is 32.6 Å². The molecular weight excluding hydrogens is 304 g/mol. The van der Waals surface area contributed by atoms with E-state index >= 15 is 0 Å². The van der Waals surface area contributed by atoms with Crippen LogP contribution in [0.4, 0.5) is 0 Å². The third kappa shape index (κ3) is 4.18. The van der Waals surface area contributed by atoms with Crippen molar-refractivity contribution in [1.82, 2.24) is 10.6 Å². The summed E-state index contributed by atoms with van der Waals surface area (Å²) in [6, 6.07) is 5.68. The second-order valence-corrected chi connectivity index (χ2v) is 5.64. The van der Waals surface area contributed by atoms with Crippen LogP contribution in [0, 0.1) is 6.92 Å². The first-order valence-electron chi connectivity index (χ1n) is 6.60. The molecule has 0 saturated carbocycles. The van der Waals surface area contributed by atoms with Gasteiger partial charge in [0.25, 0.3) is 5.91 Å². The maximum atomic E-state index is 12.0. The molecule has 1 amide bonds. The van der Waals surface area contributed by atoms with Gasteiger partial charge in [0, 0.05) is 23.1 Å². The summed E-state index contributed by atoms with van der Waals surface area (Å²) in [5.74, 6) is -0.00441. The molecule has 0 atom stereocenters. The van der Waals surface area contributed by atoms with Crippen LogP contribution in [-0.4, -0.2) is 25.5 Å². The average molecular weight is 323 g/mol. The van der Waals surface area contributed by atoms with E-state index in [-0.39, 0.29) is 5.91 Å².